The van der Waals surface area contributed by atoms with Crippen molar-refractivity contribution in [2.24, 2.45) is 17.7 Å². The zero-order chi connectivity index (χ0) is 8.43. The van der Waals surface area contributed by atoms with Crippen LogP contribution >= 0.6 is 0 Å². The van der Waals surface area contributed by atoms with Crippen LogP contribution in [-0.4, -0.2) is 6.04 Å². The van der Waals surface area contributed by atoms with Gasteiger partial charge in [-0.25, -0.2) is 0 Å². The Morgan fingerprint density at radius 2 is 2.45 bits per heavy atom. The highest BCUT2D eigenvalue weighted by Crippen LogP contribution is 2.44. The minimum Gasteiger partial charge on any atom is -0.271 e. The van der Waals surface area contributed by atoms with E-state index in [2.05, 4.69) is 18.9 Å². The van der Waals surface area contributed by atoms with E-state index in [0.29, 0.717) is 6.04 Å². The molecule has 2 nitrogen and oxygen atoms in total. The summed E-state index contributed by atoms with van der Waals surface area (Å²) in [5.41, 5.74) is 3.99. The molecular weight excluding hydrogens is 136 g/mol. The third kappa shape index (κ3) is 1.82. The quantitative estimate of drug-likeness (QED) is 0.365. The lowest BCUT2D eigenvalue weighted by atomic mass is 10.0. The minimum absolute atomic E-state index is 0.347. The molecule has 0 amide bonds. The van der Waals surface area contributed by atoms with E-state index in [-0.39, 0.29) is 0 Å². The molecule has 0 aromatic heterocycles. The lowest BCUT2D eigenvalue weighted by molar-refractivity contribution is 0.500. The molecule has 0 heterocycles. The predicted molar refractivity (Wildman–Crippen MR) is 47.8 cm³/mol. The lowest BCUT2D eigenvalue weighted by Gasteiger charge is -2.15. The van der Waals surface area contributed by atoms with Crippen molar-refractivity contribution in [3.8, 4) is 0 Å². The van der Waals surface area contributed by atoms with Crippen LogP contribution in [0.4, 0.5) is 0 Å². The Balaban J connectivity index is 2.40. The van der Waals surface area contributed by atoms with Gasteiger partial charge in [0, 0.05) is 6.04 Å². The van der Waals surface area contributed by atoms with Gasteiger partial charge in [-0.3, -0.25) is 11.3 Å². The van der Waals surface area contributed by atoms with Gasteiger partial charge in [-0.1, -0.05) is 25.5 Å². The molecule has 0 saturated heterocycles. The van der Waals surface area contributed by atoms with Gasteiger partial charge in [0.15, 0.2) is 0 Å². The topological polar surface area (TPSA) is 38.0 Å². The van der Waals surface area contributed by atoms with Crippen LogP contribution in [0.5, 0.6) is 0 Å². The third-order valence-corrected chi connectivity index (χ3v) is 2.64. The van der Waals surface area contributed by atoms with Gasteiger partial charge in [0.2, 0.25) is 0 Å². The maximum absolute atomic E-state index is 5.42. The van der Waals surface area contributed by atoms with E-state index in [1.54, 1.807) is 0 Å². The van der Waals surface area contributed by atoms with Crippen LogP contribution in [0.3, 0.4) is 0 Å². The molecule has 0 aromatic carbocycles. The molecule has 1 saturated carbocycles. The average molecular weight is 154 g/mol. The summed E-state index contributed by atoms with van der Waals surface area (Å²) < 4.78 is 0. The van der Waals surface area contributed by atoms with Crippen LogP contribution in [0.2, 0.25) is 0 Å². The Morgan fingerprint density at radius 3 is 2.73 bits per heavy atom. The zero-order valence-electron chi connectivity index (χ0n) is 7.43. The van der Waals surface area contributed by atoms with Crippen LogP contribution in [0.1, 0.15) is 26.7 Å². The second-order valence-corrected chi connectivity index (χ2v) is 3.56. The smallest absolute Gasteiger partial charge is 0.0445 e. The third-order valence-electron chi connectivity index (χ3n) is 2.64. The number of rotatable bonds is 4. The van der Waals surface area contributed by atoms with Crippen LogP contribution in [0, 0.1) is 11.8 Å². The molecule has 0 radical (unpaired) electrons. The Morgan fingerprint density at radius 1 is 1.82 bits per heavy atom. The second-order valence-electron chi connectivity index (χ2n) is 3.56. The standard InChI is InChI=1S/C9H18N2/c1-4-7-5-8(7)9(11-10)6(2)3/h7-9,11H,2,4-5,10H2,1,3H3. The van der Waals surface area contributed by atoms with Crippen molar-refractivity contribution in [2.75, 3.05) is 0 Å². The average Bonchev–Trinajstić information content (AvgIpc) is 2.68. The van der Waals surface area contributed by atoms with E-state index in [1.165, 1.54) is 12.8 Å². The summed E-state index contributed by atoms with van der Waals surface area (Å²) in [6.07, 6.45) is 2.59. The highest BCUT2D eigenvalue weighted by Gasteiger charge is 2.41. The Bertz CT molecular complexity index is 154. The van der Waals surface area contributed by atoms with E-state index in [1.807, 2.05) is 6.92 Å². The fraction of sp³-hybridized carbons (Fsp3) is 0.778. The Hall–Kier alpha value is -0.340. The maximum Gasteiger partial charge on any atom is 0.0445 e. The maximum atomic E-state index is 5.42. The van der Waals surface area contributed by atoms with E-state index in [0.717, 1.165) is 17.4 Å². The van der Waals surface area contributed by atoms with Crippen LogP contribution in [0.25, 0.3) is 0 Å². The first-order valence-electron chi connectivity index (χ1n) is 4.32. The largest absolute Gasteiger partial charge is 0.271 e. The van der Waals surface area contributed by atoms with Crippen molar-refractivity contribution >= 4 is 0 Å². The molecule has 0 spiro atoms. The molecule has 3 N–H and O–H groups in total. The van der Waals surface area contributed by atoms with Gasteiger partial charge in [-0.05, 0) is 25.2 Å². The molecule has 1 fully saturated rings. The summed E-state index contributed by atoms with van der Waals surface area (Å²) in [5.74, 6) is 7.06. The first kappa shape index (κ1) is 8.75. The molecule has 2 heteroatoms. The molecule has 11 heavy (non-hydrogen) atoms. The van der Waals surface area contributed by atoms with E-state index in [4.69, 9.17) is 5.84 Å². The Labute approximate surface area is 68.8 Å². The fourth-order valence-electron chi connectivity index (χ4n) is 1.78. The fourth-order valence-corrected chi connectivity index (χ4v) is 1.78. The number of hydrazine groups is 1. The highest BCUT2D eigenvalue weighted by molar-refractivity contribution is 5.10. The summed E-state index contributed by atoms with van der Waals surface area (Å²) >= 11 is 0. The summed E-state index contributed by atoms with van der Waals surface area (Å²) in [5, 5.41) is 0. The minimum atomic E-state index is 0.347. The molecular formula is C9H18N2. The molecule has 0 aliphatic heterocycles. The van der Waals surface area contributed by atoms with Gasteiger partial charge in [0.1, 0.15) is 0 Å². The summed E-state index contributed by atoms with van der Waals surface area (Å²) in [7, 11) is 0. The van der Waals surface area contributed by atoms with Gasteiger partial charge >= 0.3 is 0 Å². The lowest BCUT2D eigenvalue weighted by Crippen LogP contribution is -2.37. The van der Waals surface area contributed by atoms with Crippen molar-refractivity contribution in [1.29, 1.82) is 0 Å². The van der Waals surface area contributed by atoms with E-state index < -0.39 is 0 Å². The van der Waals surface area contributed by atoms with Gasteiger partial charge in [0.05, 0.1) is 0 Å². The zero-order valence-corrected chi connectivity index (χ0v) is 7.43. The van der Waals surface area contributed by atoms with E-state index >= 15 is 0 Å². The second kappa shape index (κ2) is 3.37. The normalized spacial score (nSPS) is 31.5. The SMILES string of the molecule is C=C(C)C(NN)C1CC1CC. The number of nitrogens with one attached hydrogen (secondary N) is 1. The van der Waals surface area contributed by atoms with Crippen molar-refractivity contribution in [3.63, 3.8) is 0 Å². The van der Waals surface area contributed by atoms with Gasteiger partial charge in [-0.15, -0.1) is 0 Å². The molecule has 1 aliphatic rings. The molecule has 0 bridgehead atoms. The van der Waals surface area contributed by atoms with Crippen molar-refractivity contribution in [2.45, 2.75) is 32.7 Å². The molecule has 0 aromatic rings. The number of nitrogens with two attached hydrogens (primary N) is 1. The number of hydrogen-bond acceptors (Lipinski definition) is 2. The van der Waals surface area contributed by atoms with Crippen LogP contribution < -0.4 is 11.3 Å². The van der Waals surface area contributed by atoms with Gasteiger partial charge < -0.3 is 0 Å². The van der Waals surface area contributed by atoms with Gasteiger partial charge in [-0.2, -0.15) is 0 Å². The van der Waals surface area contributed by atoms with Gasteiger partial charge in [0.25, 0.3) is 0 Å². The Kier molecular flexibility index (Phi) is 2.68. The highest BCUT2D eigenvalue weighted by atomic mass is 15.2. The van der Waals surface area contributed by atoms with Crippen molar-refractivity contribution in [1.82, 2.24) is 5.43 Å². The van der Waals surface area contributed by atoms with Crippen molar-refractivity contribution in [3.05, 3.63) is 12.2 Å². The first-order valence-corrected chi connectivity index (χ1v) is 4.32. The van der Waals surface area contributed by atoms with Crippen LogP contribution in [-0.2, 0) is 0 Å². The monoisotopic (exact) mass is 154 g/mol. The molecule has 1 aliphatic carbocycles. The predicted octanol–water partition coefficient (Wildman–Crippen LogP) is 1.44. The molecule has 64 valence electrons. The van der Waals surface area contributed by atoms with Crippen molar-refractivity contribution < 1.29 is 0 Å². The van der Waals surface area contributed by atoms with E-state index in [9.17, 15) is 0 Å². The molecule has 1 rings (SSSR count). The summed E-state index contributed by atoms with van der Waals surface area (Å²) in [4.78, 5) is 0. The van der Waals surface area contributed by atoms with Crippen LogP contribution in [0.15, 0.2) is 12.2 Å². The molecule has 3 unspecified atom stereocenters. The summed E-state index contributed by atoms with van der Waals surface area (Å²) in [6.45, 7) is 8.18. The molecule has 3 atom stereocenters. The number of hydrogen-bond donors (Lipinski definition) is 2. The first-order chi connectivity index (χ1) is 5.20. The summed E-state index contributed by atoms with van der Waals surface area (Å²) in [6, 6.07) is 0.347.